The number of methoxy groups -OCH3 is 3. The Balaban J connectivity index is 1.60. The molecule has 4 rings (SSSR count). The summed E-state index contributed by atoms with van der Waals surface area (Å²) in [6.45, 7) is 5.36. The van der Waals surface area contributed by atoms with Gasteiger partial charge < -0.3 is 29.6 Å². The Morgan fingerprint density at radius 2 is 1.62 bits per heavy atom. The van der Waals surface area contributed by atoms with Gasteiger partial charge in [0.1, 0.15) is 17.1 Å². The molecule has 3 aromatic rings. The van der Waals surface area contributed by atoms with Gasteiger partial charge in [-0.25, -0.2) is 14.8 Å². The SMILES string of the molecule is COC(=O)C1C[C@H](NC(=O)OC(C)(C)C)[C@@H](Nc2ncc3cc(-c4c(Cl)c(OC)cc(OC)c4Cl)ccc3n2)C1. The molecule has 3 atom stereocenters. The molecule has 2 N–H and O–H groups in total. The quantitative estimate of drug-likeness (QED) is 0.325. The summed E-state index contributed by atoms with van der Waals surface area (Å²) < 4.78 is 21.1. The first kappa shape index (κ1) is 29.5. The van der Waals surface area contributed by atoms with E-state index in [1.807, 2.05) is 18.2 Å². The number of amides is 1. The lowest BCUT2D eigenvalue weighted by atomic mass is 10.0. The van der Waals surface area contributed by atoms with Crippen molar-refractivity contribution >= 4 is 52.1 Å². The van der Waals surface area contributed by atoms with Gasteiger partial charge in [0.15, 0.2) is 0 Å². The molecule has 1 unspecified atom stereocenters. The van der Waals surface area contributed by atoms with E-state index in [-0.39, 0.29) is 17.9 Å². The number of fused-ring (bicyclic) bond motifs is 1. The van der Waals surface area contributed by atoms with Crippen molar-refractivity contribution in [3.63, 3.8) is 0 Å². The van der Waals surface area contributed by atoms with Gasteiger partial charge in [-0.05, 0) is 51.3 Å². The number of rotatable bonds is 7. The van der Waals surface area contributed by atoms with Crippen LogP contribution in [0.2, 0.25) is 10.0 Å². The van der Waals surface area contributed by atoms with E-state index in [0.29, 0.717) is 51.4 Å². The minimum atomic E-state index is -0.655. The molecule has 0 bridgehead atoms. The molecular weight excluding hydrogens is 559 g/mol. The van der Waals surface area contributed by atoms with Crippen LogP contribution in [0.15, 0.2) is 30.5 Å². The number of aromatic nitrogens is 2. The number of anilines is 1. The van der Waals surface area contributed by atoms with Gasteiger partial charge in [0, 0.05) is 23.2 Å². The maximum absolute atomic E-state index is 12.5. The highest BCUT2D eigenvalue weighted by molar-refractivity contribution is 6.41. The zero-order chi connectivity index (χ0) is 29.2. The van der Waals surface area contributed by atoms with Gasteiger partial charge >= 0.3 is 12.1 Å². The molecule has 0 aliphatic heterocycles. The molecule has 0 spiro atoms. The van der Waals surface area contributed by atoms with Gasteiger partial charge in [-0.3, -0.25) is 4.79 Å². The van der Waals surface area contributed by atoms with Crippen LogP contribution in [0, 0.1) is 5.92 Å². The van der Waals surface area contributed by atoms with Gasteiger partial charge in [-0.15, -0.1) is 0 Å². The maximum atomic E-state index is 12.5. The third-order valence-corrected chi connectivity index (χ3v) is 7.31. The number of carbonyl (C=O) groups is 2. The monoisotopic (exact) mass is 590 g/mol. The van der Waals surface area contributed by atoms with Crippen LogP contribution in [-0.4, -0.2) is 61.0 Å². The molecule has 1 aromatic heterocycles. The summed E-state index contributed by atoms with van der Waals surface area (Å²) in [5.74, 6) is 0.500. The summed E-state index contributed by atoms with van der Waals surface area (Å²) in [6, 6.07) is 6.47. The predicted molar refractivity (Wildman–Crippen MR) is 153 cm³/mol. The molecule has 12 heteroatoms. The smallest absolute Gasteiger partial charge is 0.407 e. The van der Waals surface area contributed by atoms with Crippen LogP contribution >= 0.6 is 23.2 Å². The summed E-state index contributed by atoms with van der Waals surface area (Å²) >= 11 is 13.2. The lowest BCUT2D eigenvalue weighted by molar-refractivity contribution is -0.145. The Kier molecular flexibility index (Phi) is 8.80. The summed E-state index contributed by atoms with van der Waals surface area (Å²) in [6.07, 6.45) is 1.94. The number of carbonyl (C=O) groups excluding carboxylic acids is 2. The molecule has 1 amide bonds. The molecule has 0 saturated heterocycles. The second-order valence-electron chi connectivity index (χ2n) is 10.4. The van der Waals surface area contributed by atoms with Crippen molar-refractivity contribution in [1.29, 1.82) is 0 Å². The molecular formula is C28H32Cl2N4O6. The number of nitrogens with zero attached hydrogens (tertiary/aromatic N) is 2. The van der Waals surface area contributed by atoms with Crippen molar-refractivity contribution in [3.05, 3.63) is 40.5 Å². The molecule has 1 aliphatic carbocycles. The van der Waals surface area contributed by atoms with Crippen molar-refractivity contribution in [2.75, 3.05) is 26.6 Å². The van der Waals surface area contributed by atoms with Gasteiger partial charge in [0.2, 0.25) is 5.95 Å². The van der Waals surface area contributed by atoms with Crippen LogP contribution in [0.1, 0.15) is 33.6 Å². The lowest BCUT2D eigenvalue weighted by Gasteiger charge is -2.25. The second kappa shape index (κ2) is 11.9. The number of benzene rings is 2. The predicted octanol–water partition coefficient (Wildman–Crippen LogP) is 5.88. The standard InChI is InChI=1S/C28H32Cl2N4O6/c1-28(2,3)40-27(36)34-19-11-15(25(35)39-6)10-18(19)33-26-31-13-16-9-14(7-8-17(16)32-26)22-23(29)20(37-4)12-21(38-5)24(22)30/h7-9,12-13,15,18-19H,10-11H2,1-6H3,(H,34,36)(H,31,32,33)/t15?,18-,19-/m0/s1. The lowest BCUT2D eigenvalue weighted by Crippen LogP contribution is -2.45. The van der Waals surface area contributed by atoms with Gasteiger partial charge in [-0.1, -0.05) is 29.3 Å². The Morgan fingerprint density at radius 1 is 0.975 bits per heavy atom. The molecule has 10 nitrogen and oxygen atoms in total. The fourth-order valence-electron chi connectivity index (χ4n) is 4.74. The van der Waals surface area contributed by atoms with E-state index in [1.54, 1.807) is 33.0 Å². The summed E-state index contributed by atoms with van der Waals surface area (Å²) in [5, 5.41) is 7.62. The third-order valence-electron chi connectivity index (χ3n) is 6.56. The average molecular weight is 591 g/mol. The number of ether oxygens (including phenoxy) is 4. The third kappa shape index (κ3) is 6.45. The number of hydrogen-bond acceptors (Lipinski definition) is 9. The fourth-order valence-corrected chi connectivity index (χ4v) is 5.46. The molecule has 214 valence electrons. The van der Waals surface area contributed by atoms with Crippen molar-refractivity contribution in [1.82, 2.24) is 15.3 Å². The molecule has 2 aromatic carbocycles. The van der Waals surface area contributed by atoms with Crippen molar-refractivity contribution in [2.45, 2.75) is 51.3 Å². The maximum Gasteiger partial charge on any atom is 0.407 e. The minimum absolute atomic E-state index is 0.324. The highest BCUT2D eigenvalue weighted by Crippen LogP contribution is 2.46. The van der Waals surface area contributed by atoms with E-state index in [1.165, 1.54) is 21.3 Å². The Morgan fingerprint density at radius 3 is 2.23 bits per heavy atom. The van der Waals surface area contributed by atoms with E-state index in [9.17, 15) is 9.59 Å². The number of halogens is 2. The highest BCUT2D eigenvalue weighted by atomic mass is 35.5. The Bertz CT molecular complexity index is 1400. The van der Waals surface area contributed by atoms with E-state index >= 15 is 0 Å². The molecule has 1 saturated carbocycles. The van der Waals surface area contributed by atoms with E-state index in [0.717, 1.165) is 10.9 Å². The molecule has 1 aliphatic rings. The van der Waals surface area contributed by atoms with E-state index in [2.05, 4.69) is 20.6 Å². The average Bonchev–Trinajstić information content (AvgIpc) is 3.29. The Hall–Kier alpha value is -3.50. The first-order chi connectivity index (χ1) is 18.9. The first-order valence-electron chi connectivity index (χ1n) is 12.6. The largest absolute Gasteiger partial charge is 0.495 e. The van der Waals surface area contributed by atoms with Gasteiger partial charge in [-0.2, -0.15) is 0 Å². The summed E-state index contributed by atoms with van der Waals surface area (Å²) in [5.41, 5.74) is 1.32. The summed E-state index contributed by atoms with van der Waals surface area (Å²) in [7, 11) is 4.39. The number of nitrogens with one attached hydrogen (secondary N) is 2. The zero-order valence-corrected chi connectivity index (χ0v) is 24.6. The van der Waals surface area contributed by atoms with Crippen LogP contribution < -0.4 is 20.1 Å². The van der Waals surface area contributed by atoms with Gasteiger partial charge in [0.05, 0.1) is 54.9 Å². The number of hydrogen-bond donors (Lipinski definition) is 2. The van der Waals surface area contributed by atoms with Crippen LogP contribution in [0.5, 0.6) is 11.5 Å². The van der Waals surface area contributed by atoms with Crippen molar-refractivity contribution in [2.24, 2.45) is 5.92 Å². The van der Waals surface area contributed by atoms with E-state index < -0.39 is 17.7 Å². The van der Waals surface area contributed by atoms with Crippen molar-refractivity contribution in [3.8, 4) is 22.6 Å². The normalized spacial score (nSPS) is 18.8. The molecule has 1 fully saturated rings. The summed E-state index contributed by atoms with van der Waals surface area (Å²) in [4.78, 5) is 33.9. The van der Waals surface area contributed by atoms with Crippen LogP contribution in [0.3, 0.4) is 0 Å². The minimum Gasteiger partial charge on any atom is -0.495 e. The first-order valence-corrected chi connectivity index (χ1v) is 13.4. The number of alkyl carbamates (subject to hydrolysis) is 1. The molecule has 40 heavy (non-hydrogen) atoms. The number of esters is 1. The van der Waals surface area contributed by atoms with Gasteiger partial charge in [0.25, 0.3) is 0 Å². The van der Waals surface area contributed by atoms with Crippen molar-refractivity contribution < 1.29 is 28.5 Å². The fraction of sp³-hybridized carbons (Fsp3) is 0.429. The Labute approximate surface area is 242 Å². The second-order valence-corrected chi connectivity index (χ2v) is 11.2. The topological polar surface area (TPSA) is 121 Å². The van der Waals surface area contributed by atoms with Crippen LogP contribution in [0.25, 0.3) is 22.0 Å². The van der Waals surface area contributed by atoms with Crippen LogP contribution in [0.4, 0.5) is 10.7 Å². The molecule has 0 radical (unpaired) electrons. The highest BCUT2D eigenvalue weighted by Gasteiger charge is 2.40. The van der Waals surface area contributed by atoms with Crippen LogP contribution in [-0.2, 0) is 14.3 Å². The zero-order valence-electron chi connectivity index (χ0n) is 23.1. The molecule has 1 heterocycles. The van der Waals surface area contributed by atoms with E-state index in [4.69, 9.17) is 42.1 Å².